The number of pyridine rings is 1. The summed E-state index contributed by atoms with van der Waals surface area (Å²) in [6, 6.07) is 9.05. The van der Waals surface area contributed by atoms with E-state index in [1.165, 1.54) is 4.90 Å². The highest BCUT2D eigenvalue weighted by atomic mass is 127. The molecule has 0 saturated carbocycles. The largest absolute Gasteiger partial charge is 0.343 e. The molecule has 1 aliphatic heterocycles. The lowest BCUT2D eigenvalue weighted by molar-refractivity contribution is -0.130. The number of aromatic nitrogens is 1. The highest BCUT2D eigenvalue weighted by Gasteiger charge is 2.28. The first-order valence-corrected chi connectivity index (χ1v) is 8.70. The van der Waals surface area contributed by atoms with Gasteiger partial charge >= 0.3 is 0 Å². The lowest BCUT2D eigenvalue weighted by Gasteiger charge is -2.19. The first kappa shape index (κ1) is 16.6. The van der Waals surface area contributed by atoms with E-state index >= 15 is 0 Å². The summed E-state index contributed by atoms with van der Waals surface area (Å²) < 4.78 is 0.929. The summed E-state index contributed by atoms with van der Waals surface area (Å²) >= 11 is 2.17. The van der Waals surface area contributed by atoms with Crippen molar-refractivity contribution >= 4 is 45.3 Å². The van der Waals surface area contributed by atoms with Crippen molar-refractivity contribution in [2.45, 2.75) is 18.9 Å². The van der Waals surface area contributed by atoms with Gasteiger partial charge in [0, 0.05) is 21.7 Å². The Morgan fingerprint density at radius 1 is 1.42 bits per heavy atom. The van der Waals surface area contributed by atoms with E-state index < -0.39 is 0 Å². The van der Waals surface area contributed by atoms with Gasteiger partial charge in [-0.1, -0.05) is 6.07 Å². The second kappa shape index (κ2) is 7.13. The monoisotopic (exact) mass is 434 g/mol. The highest BCUT2D eigenvalue weighted by Crippen LogP contribution is 2.22. The van der Waals surface area contributed by atoms with Crippen LogP contribution >= 0.6 is 22.6 Å². The van der Waals surface area contributed by atoms with Gasteiger partial charge in [-0.15, -0.1) is 0 Å². The fourth-order valence-electron chi connectivity index (χ4n) is 2.90. The Balaban J connectivity index is 1.74. The molecule has 1 aliphatic rings. The maximum Gasteiger partial charge on any atom is 0.252 e. The zero-order valence-corrected chi connectivity index (χ0v) is 15.0. The van der Waals surface area contributed by atoms with Crippen LogP contribution in [0.4, 0.5) is 0 Å². The molecule has 0 aliphatic carbocycles. The number of nitrogens with zero attached hydrogens (tertiary/aromatic N) is 3. The van der Waals surface area contributed by atoms with E-state index in [9.17, 15) is 9.59 Å². The predicted molar refractivity (Wildman–Crippen MR) is 97.1 cm³/mol. The van der Waals surface area contributed by atoms with Crippen LogP contribution in [0.5, 0.6) is 0 Å². The lowest BCUT2D eigenvalue weighted by atomic mass is 10.1. The highest BCUT2D eigenvalue weighted by molar-refractivity contribution is 14.1. The molecule has 0 unspecified atom stereocenters. The summed E-state index contributed by atoms with van der Waals surface area (Å²) in [5, 5.41) is 12.5. The van der Waals surface area contributed by atoms with Crippen molar-refractivity contribution in [3.63, 3.8) is 0 Å². The molecule has 1 fully saturated rings. The van der Waals surface area contributed by atoms with Gasteiger partial charge in [-0.2, -0.15) is 5.26 Å². The first-order valence-electron chi connectivity index (χ1n) is 7.62. The number of carbonyl (C=O) groups is 2. The minimum Gasteiger partial charge on any atom is -0.343 e. The van der Waals surface area contributed by atoms with Crippen molar-refractivity contribution in [3.8, 4) is 6.07 Å². The Hall–Kier alpha value is -2.21. The third kappa shape index (κ3) is 3.19. The number of benzene rings is 1. The molecule has 1 aromatic carbocycles. The Labute approximate surface area is 153 Å². The molecule has 2 amide bonds. The summed E-state index contributed by atoms with van der Waals surface area (Å²) in [6.45, 7) is 0.466. The molecule has 1 N–H and O–H groups in total. The standard InChI is InChI=1S/C17H15IN4O2/c18-13-4-1-5-14-16(13)12(6-7-20-14)17(24)21-10-15(23)22-8-2-3-11(22)9-19/h1,4-7,11H,2-3,8,10H2,(H,21,24)/t11-/m0/s1. The molecule has 2 aromatic rings. The van der Waals surface area contributed by atoms with Crippen LogP contribution in [-0.2, 0) is 4.79 Å². The number of nitriles is 1. The Bertz CT molecular complexity index is 841. The molecular formula is C17H15IN4O2. The van der Waals surface area contributed by atoms with Gasteiger partial charge in [-0.25, -0.2) is 0 Å². The molecule has 1 saturated heterocycles. The van der Waals surface area contributed by atoms with Gasteiger partial charge in [0.1, 0.15) is 6.04 Å². The van der Waals surface area contributed by atoms with Crippen LogP contribution in [0.3, 0.4) is 0 Å². The molecule has 0 spiro atoms. The van der Waals surface area contributed by atoms with E-state index in [-0.39, 0.29) is 24.4 Å². The van der Waals surface area contributed by atoms with E-state index in [2.05, 4.69) is 39.0 Å². The third-order valence-corrected chi connectivity index (χ3v) is 4.98. The van der Waals surface area contributed by atoms with Crippen LogP contribution < -0.4 is 5.32 Å². The topological polar surface area (TPSA) is 86.1 Å². The third-order valence-electron chi connectivity index (χ3n) is 4.08. The number of rotatable bonds is 3. The van der Waals surface area contributed by atoms with Crippen molar-refractivity contribution in [1.29, 1.82) is 5.26 Å². The minimum absolute atomic E-state index is 0.107. The number of amides is 2. The molecule has 24 heavy (non-hydrogen) atoms. The van der Waals surface area contributed by atoms with Crippen LogP contribution in [0.1, 0.15) is 23.2 Å². The van der Waals surface area contributed by atoms with Crippen molar-refractivity contribution in [1.82, 2.24) is 15.2 Å². The van der Waals surface area contributed by atoms with E-state index in [1.54, 1.807) is 12.3 Å². The van der Waals surface area contributed by atoms with Crippen LogP contribution in [0, 0.1) is 14.9 Å². The van der Waals surface area contributed by atoms with Crippen LogP contribution in [0.2, 0.25) is 0 Å². The fourth-order valence-corrected chi connectivity index (χ4v) is 3.68. The van der Waals surface area contributed by atoms with E-state index in [0.29, 0.717) is 18.5 Å². The number of fused-ring (bicyclic) bond motifs is 1. The SMILES string of the molecule is N#C[C@@H]1CCCN1C(=O)CNC(=O)c1ccnc2cccc(I)c12. The zero-order valence-electron chi connectivity index (χ0n) is 12.8. The average Bonchev–Trinajstić information content (AvgIpc) is 3.08. The summed E-state index contributed by atoms with van der Waals surface area (Å²) in [7, 11) is 0. The van der Waals surface area contributed by atoms with Gasteiger partial charge in [0.15, 0.2) is 0 Å². The zero-order chi connectivity index (χ0) is 17.1. The van der Waals surface area contributed by atoms with Crippen molar-refractivity contribution in [3.05, 3.63) is 39.6 Å². The predicted octanol–water partition coefficient (Wildman–Crippen LogP) is 2.08. The van der Waals surface area contributed by atoms with Gasteiger partial charge in [0.25, 0.3) is 5.91 Å². The van der Waals surface area contributed by atoms with E-state index in [4.69, 9.17) is 5.26 Å². The Kier molecular flexibility index (Phi) is 4.94. The summed E-state index contributed by atoms with van der Waals surface area (Å²) in [4.78, 5) is 30.5. The maximum atomic E-state index is 12.5. The molecule has 6 nitrogen and oxygen atoms in total. The van der Waals surface area contributed by atoms with Gasteiger partial charge in [-0.05, 0) is 53.6 Å². The Morgan fingerprint density at radius 2 is 2.25 bits per heavy atom. The fraction of sp³-hybridized carbons (Fsp3) is 0.294. The maximum absolute atomic E-state index is 12.5. The molecular weight excluding hydrogens is 419 g/mol. The molecule has 7 heteroatoms. The number of hydrogen-bond acceptors (Lipinski definition) is 4. The Morgan fingerprint density at radius 3 is 3.04 bits per heavy atom. The number of nitrogens with one attached hydrogen (secondary N) is 1. The van der Waals surface area contributed by atoms with Gasteiger partial charge in [-0.3, -0.25) is 14.6 Å². The van der Waals surface area contributed by atoms with Gasteiger partial charge in [0.05, 0.1) is 23.7 Å². The molecule has 0 radical (unpaired) electrons. The molecule has 1 aromatic heterocycles. The quantitative estimate of drug-likeness (QED) is 0.750. The number of likely N-dealkylation sites (tertiary alicyclic amines) is 1. The van der Waals surface area contributed by atoms with Gasteiger partial charge < -0.3 is 10.2 Å². The number of carbonyl (C=O) groups excluding carboxylic acids is 2. The molecule has 122 valence electrons. The second-order valence-electron chi connectivity index (χ2n) is 5.55. The smallest absolute Gasteiger partial charge is 0.252 e. The van der Waals surface area contributed by atoms with Crippen molar-refractivity contribution in [2.24, 2.45) is 0 Å². The minimum atomic E-state index is -0.378. The second-order valence-corrected chi connectivity index (χ2v) is 6.71. The van der Waals surface area contributed by atoms with E-state index in [0.717, 1.165) is 20.9 Å². The number of hydrogen-bond donors (Lipinski definition) is 1. The summed E-state index contributed by atoms with van der Waals surface area (Å²) in [5.41, 5.74) is 1.24. The summed E-state index contributed by atoms with van der Waals surface area (Å²) in [5.74, 6) is -0.534. The van der Waals surface area contributed by atoms with Crippen LogP contribution in [0.25, 0.3) is 10.9 Å². The van der Waals surface area contributed by atoms with E-state index in [1.807, 2.05) is 18.2 Å². The molecule has 0 bridgehead atoms. The average molecular weight is 434 g/mol. The number of halogens is 1. The first-order chi connectivity index (χ1) is 11.6. The van der Waals surface area contributed by atoms with Crippen molar-refractivity contribution < 1.29 is 9.59 Å². The van der Waals surface area contributed by atoms with Gasteiger partial charge in [0.2, 0.25) is 5.91 Å². The normalized spacial score (nSPS) is 16.8. The molecule has 1 atom stereocenters. The molecule has 3 rings (SSSR count). The van der Waals surface area contributed by atoms with Crippen LogP contribution in [-0.4, -0.2) is 40.8 Å². The molecule has 2 heterocycles. The van der Waals surface area contributed by atoms with Crippen molar-refractivity contribution in [2.75, 3.05) is 13.1 Å². The summed E-state index contributed by atoms with van der Waals surface area (Å²) in [6.07, 6.45) is 3.11. The van der Waals surface area contributed by atoms with Crippen LogP contribution in [0.15, 0.2) is 30.5 Å². The lowest BCUT2D eigenvalue weighted by Crippen LogP contribution is -2.42.